The Balaban J connectivity index is 1.38. The molecule has 1 fully saturated rings. The number of hydrogen-bond donors (Lipinski definition) is 1. The maximum absolute atomic E-state index is 13.1. The van der Waals surface area contributed by atoms with E-state index in [0.717, 1.165) is 16.7 Å². The molecule has 0 unspecified atom stereocenters. The van der Waals surface area contributed by atoms with Gasteiger partial charge in [0, 0.05) is 19.6 Å². The van der Waals surface area contributed by atoms with E-state index in [1.807, 2.05) is 72.8 Å². The van der Waals surface area contributed by atoms with Gasteiger partial charge in [0.05, 0.1) is 24.0 Å². The number of hydrogen-bond acceptors (Lipinski definition) is 4. The summed E-state index contributed by atoms with van der Waals surface area (Å²) in [6, 6.07) is 26.4. The molecule has 0 saturated carbocycles. The summed E-state index contributed by atoms with van der Waals surface area (Å²) in [7, 11) is -3.50. The first-order valence-electron chi connectivity index (χ1n) is 11.1. The molecule has 1 heterocycles. The molecule has 1 aliphatic heterocycles. The van der Waals surface area contributed by atoms with Crippen LogP contribution in [0, 0.1) is 0 Å². The van der Waals surface area contributed by atoms with Crippen LogP contribution in [0.4, 0.5) is 0 Å². The molecule has 4 rings (SSSR count). The highest BCUT2D eigenvalue weighted by atomic mass is 32.2. The molecule has 1 saturated heterocycles. The maximum atomic E-state index is 13.1. The van der Waals surface area contributed by atoms with Gasteiger partial charge < -0.3 is 10.1 Å². The molecule has 7 heteroatoms. The summed E-state index contributed by atoms with van der Waals surface area (Å²) in [5.74, 6) is -0.438. The van der Waals surface area contributed by atoms with Gasteiger partial charge in [0.25, 0.3) is 0 Å². The van der Waals surface area contributed by atoms with Crippen LogP contribution >= 0.6 is 0 Å². The van der Waals surface area contributed by atoms with Gasteiger partial charge in [-0.2, -0.15) is 4.31 Å². The van der Waals surface area contributed by atoms with Crippen LogP contribution in [0.1, 0.15) is 22.6 Å². The molecule has 0 bridgehead atoms. The molecule has 0 atom stereocenters. The van der Waals surface area contributed by atoms with E-state index in [-0.39, 0.29) is 16.7 Å². The van der Waals surface area contributed by atoms with Crippen molar-refractivity contribution in [2.24, 2.45) is 0 Å². The van der Waals surface area contributed by atoms with Crippen molar-refractivity contribution in [1.82, 2.24) is 9.62 Å². The molecule has 0 aromatic heterocycles. The molecular weight excluding hydrogens is 436 g/mol. The van der Waals surface area contributed by atoms with Gasteiger partial charge >= 0.3 is 0 Å². The van der Waals surface area contributed by atoms with E-state index in [1.54, 1.807) is 12.1 Å². The Morgan fingerprint density at radius 2 is 1.39 bits per heavy atom. The van der Waals surface area contributed by atoms with Gasteiger partial charge in [-0.3, -0.25) is 4.79 Å². The second-order valence-corrected chi connectivity index (χ2v) is 9.89. The van der Waals surface area contributed by atoms with E-state index < -0.39 is 10.0 Å². The van der Waals surface area contributed by atoms with Crippen molar-refractivity contribution in [2.75, 3.05) is 32.8 Å². The molecule has 3 aromatic rings. The van der Waals surface area contributed by atoms with Crippen molar-refractivity contribution in [3.63, 3.8) is 0 Å². The van der Waals surface area contributed by atoms with E-state index in [2.05, 4.69) is 5.32 Å². The first-order chi connectivity index (χ1) is 16.1. The minimum absolute atomic E-state index is 0.0566. The molecule has 1 aliphatic rings. The summed E-state index contributed by atoms with van der Waals surface area (Å²) >= 11 is 0. The van der Waals surface area contributed by atoms with Crippen LogP contribution in [-0.2, 0) is 26.0 Å². The smallest absolute Gasteiger partial charge is 0.243 e. The standard InChI is InChI=1S/C26H28N2O4S/c29-26(25(22-7-3-1-4-8-22)23-9-5-2-6-10-23)27-16-15-21-11-13-24(14-12-21)33(30,31)28-17-19-32-20-18-28/h1-14,25H,15-20H2,(H,27,29). The summed E-state index contributed by atoms with van der Waals surface area (Å²) < 4.78 is 32.2. The van der Waals surface area contributed by atoms with Crippen molar-refractivity contribution in [2.45, 2.75) is 17.2 Å². The predicted octanol–water partition coefficient (Wildman–Crippen LogP) is 3.20. The average Bonchev–Trinajstić information content (AvgIpc) is 2.86. The highest BCUT2D eigenvalue weighted by Gasteiger charge is 2.26. The highest BCUT2D eigenvalue weighted by Crippen LogP contribution is 2.24. The fraction of sp³-hybridized carbons (Fsp3) is 0.269. The zero-order chi connectivity index (χ0) is 23.1. The quantitative estimate of drug-likeness (QED) is 0.556. The van der Waals surface area contributed by atoms with Gasteiger partial charge in [0.15, 0.2) is 0 Å². The molecule has 0 aliphatic carbocycles. The van der Waals surface area contributed by atoms with Gasteiger partial charge in [-0.25, -0.2) is 8.42 Å². The fourth-order valence-corrected chi connectivity index (χ4v) is 5.39. The largest absolute Gasteiger partial charge is 0.379 e. The number of sulfonamides is 1. The predicted molar refractivity (Wildman–Crippen MR) is 127 cm³/mol. The van der Waals surface area contributed by atoms with E-state index in [4.69, 9.17) is 4.74 Å². The van der Waals surface area contributed by atoms with Crippen LogP contribution in [0.5, 0.6) is 0 Å². The number of carbonyl (C=O) groups is 1. The number of amides is 1. The van der Waals surface area contributed by atoms with Gasteiger partial charge in [-0.1, -0.05) is 72.8 Å². The highest BCUT2D eigenvalue weighted by molar-refractivity contribution is 7.89. The van der Waals surface area contributed by atoms with E-state index >= 15 is 0 Å². The van der Waals surface area contributed by atoms with Gasteiger partial charge in [-0.15, -0.1) is 0 Å². The first-order valence-corrected chi connectivity index (χ1v) is 12.5. The number of ether oxygens (including phenoxy) is 1. The van der Waals surface area contributed by atoms with Gasteiger partial charge in [-0.05, 0) is 35.2 Å². The summed E-state index contributed by atoms with van der Waals surface area (Å²) in [5, 5.41) is 3.05. The summed E-state index contributed by atoms with van der Waals surface area (Å²) in [6.07, 6.45) is 0.611. The Hall–Kier alpha value is -3.00. The van der Waals surface area contributed by atoms with Gasteiger partial charge in [0.2, 0.25) is 15.9 Å². The second-order valence-electron chi connectivity index (χ2n) is 7.96. The lowest BCUT2D eigenvalue weighted by Crippen LogP contribution is -2.40. The zero-order valence-corrected chi connectivity index (χ0v) is 19.2. The van der Waals surface area contributed by atoms with Crippen LogP contribution < -0.4 is 5.32 Å². The normalized spacial score (nSPS) is 14.8. The van der Waals surface area contributed by atoms with E-state index in [0.29, 0.717) is 39.3 Å². The third-order valence-electron chi connectivity index (χ3n) is 5.77. The third kappa shape index (κ3) is 5.68. The van der Waals surface area contributed by atoms with Crippen molar-refractivity contribution in [1.29, 1.82) is 0 Å². The molecule has 0 spiro atoms. The summed E-state index contributed by atoms with van der Waals surface area (Å²) in [5.41, 5.74) is 2.85. The van der Waals surface area contributed by atoms with Crippen LogP contribution in [0.3, 0.4) is 0 Å². The minimum Gasteiger partial charge on any atom is -0.379 e. The topological polar surface area (TPSA) is 75.7 Å². The molecule has 3 aromatic carbocycles. The molecule has 0 radical (unpaired) electrons. The lowest BCUT2D eigenvalue weighted by Gasteiger charge is -2.26. The third-order valence-corrected chi connectivity index (χ3v) is 7.68. The fourth-order valence-electron chi connectivity index (χ4n) is 3.98. The Kier molecular flexibility index (Phi) is 7.54. The number of carbonyl (C=O) groups excluding carboxylic acids is 1. The average molecular weight is 465 g/mol. The van der Waals surface area contributed by atoms with Gasteiger partial charge in [0.1, 0.15) is 0 Å². The van der Waals surface area contributed by atoms with Crippen molar-refractivity contribution in [3.05, 3.63) is 102 Å². The number of rotatable bonds is 8. The second kappa shape index (κ2) is 10.7. The minimum atomic E-state index is -3.50. The summed E-state index contributed by atoms with van der Waals surface area (Å²) in [6.45, 7) is 2.05. The van der Waals surface area contributed by atoms with E-state index in [9.17, 15) is 13.2 Å². The Bertz CT molecular complexity index is 1100. The van der Waals surface area contributed by atoms with Crippen LogP contribution in [0.25, 0.3) is 0 Å². The molecule has 33 heavy (non-hydrogen) atoms. The molecule has 172 valence electrons. The lowest BCUT2D eigenvalue weighted by molar-refractivity contribution is -0.121. The maximum Gasteiger partial charge on any atom is 0.243 e. The Morgan fingerprint density at radius 1 is 0.848 bits per heavy atom. The van der Waals surface area contributed by atoms with Crippen molar-refractivity contribution in [3.8, 4) is 0 Å². The first kappa shape index (κ1) is 23.2. The number of nitrogens with one attached hydrogen (secondary N) is 1. The van der Waals surface area contributed by atoms with Crippen LogP contribution in [0.2, 0.25) is 0 Å². The SMILES string of the molecule is O=C(NCCc1ccc(S(=O)(=O)N2CCOCC2)cc1)C(c1ccccc1)c1ccccc1. The number of benzene rings is 3. The molecule has 1 N–H and O–H groups in total. The molecule has 1 amide bonds. The monoisotopic (exact) mass is 464 g/mol. The van der Waals surface area contributed by atoms with Crippen molar-refractivity contribution < 1.29 is 17.9 Å². The van der Waals surface area contributed by atoms with Crippen LogP contribution in [-0.4, -0.2) is 51.5 Å². The Labute approximate surface area is 195 Å². The molecule has 6 nitrogen and oxygen atoms in total. The van der Waals surface area contributed by atoms with E-state index in [1.165, 1.54) is 4.31 Å². The number of morpholine rings is 1. The molecular formula is C26H28N2O4S. The lowest BCUT2D eigenvalue weighted by atomic mass is 9.90. The van der Waals surface area contributed by atoms with Crippen molar-refractivity contribution >= 4 is 15.9 Å². The summed E-state index contributed by atoms with van der Waals surface area (Å²) in [4.78, 5) is 13.4. The van der Waals surface area contributed by atoms with Crippen LogP contribution in [0.15, 0.2) is 89.8 Å². The Morgan fingerprint density at radius 3 is 1.94 bits per heavy atom. The number of nitrogens with zero attached hydrogens (tertiary/aromatic N) is 1. The zero-order valence-electron chi connectivity index (χ0n) is 18.4.